The lowest BCUT2D eigenvalue weighted by atomic mass is 9.94. The van der Waals surface area contributed by atoms with E-state index in [1.165, 1.54) is 0 Å². The van der Waals surface area contributed by atoms with Crippen molar-refractivity contribution < 1.29 is 9.53 Å². The van der Waals surface area contributed by atoms with Gasteiger partial charge in [0.1, 0.15) is 18.4 Å². The molecule has 0 aliphatic carbocycles. The number of benzene rings is 3. The van der Waals surface area contributed by atoms with Crippen molar-refractivity contribution in [2.24, 2.45) is 0 Å². The van der Waals surface area contributed by atoms with Crippen LogP contribution in [-0.4, -0.2) is 26.4 Å². The van der Waals surface area contributed by atoms with E-state index >= 15 is 0 Å². The molecule has 2 N–H and O–H groups in total. The number of hydrogen-bond donors (Lipinski definition) is 2. The van der Waals surface area contributed by atoms with Crippen LogP contribution in [0.1, 0.15) is 48.6 Å². The Hall–Kier alpha value is -3.46. The highest BCUT2D eigenvalue weighted by Gasteiger charge is 2.34. The number of nitrogens with one attached hydrogen (secondary N) is 2. The fraction of sp³-hybridized carbons (Fsp3) is 0.258. The molecule has 7 nitrogen and oxygen atoms in total. The summed E-state index contributed by atoms with van der Waals surface area (Å²) in [5, 5.41) is 13.0. The second kappa shape index (κ2) is 12.6. The molecule has 3 aromatic carbocycles. The van der Waals surface area contributed by atoms with E-state index in [1.807, 2.05) is 63.2 Å². The molecule has 0 bridgehead atoms. The number of carbonyl (C=O) groups is 1. The highest BCUT2D eigenvalue weighted by atomic mass is 35.5. The average Bonchev–Trinajstić information content (AvgIpc) is 3.36. The van der Waals surface area contributed by atoms with Gasteiger partial charge in [0.05, 0.1) is 5.57 Å². The number of hydrogen-bond acceptors (Lipinski definition) is 6. The number of amides is 1. The van der Waals surface area contributed by atoms with Crippen LogP contribution in [0.15, 0.2) is 77.1 Å². The summed E-state index contributed by atoms with van der Waals surface area (Å²) in [4.78, 5) is 18.6. The second-order valence-corrected chi connectivity index (χ2v) is 11.7. The summed E-state index contributed by atoms with van der Waals surface area (Å²) >= 11 is 14.2. The number of ether oxygens (including phenoxy) is 1. The summed E-state index contributed by atoms with van der Waals surface area (Å²) in [6.45, 7) is 8.28. The van der Waals surface area contributed by atoms with Gasteiger partial charge in [-0.05, 0) is 74.2 Å². The topological polar surface area (TPSA) is 81.1 Å². The van der Waals surface area contributed by atoms with Gasteiger partial charge in [-0.15, -0.1) is 5.10 Å². The number of fused-ring (bicyclic) bond motifs is 1. The maximum absolute atomic E-state index is 13.9. The minimum atomic E-state index is -0.494. The largest absolute Gasteiger partial charge is 0.489 e. The molecule has 0 fully saturated rings. The molecule has 41 heavy (non-hydrogen) atoms. The number of allylic oxidation sites excluding steroid dienone is 1. The third-order valence-corrected chi connectivity index (χ3v) is 8.76. The number of thioether (sulfide) groups is 1. The molecular formula is C31H31Cl2N5O2S. The van der Waals surface area contributed by atoms with Crippen LogP contribution in [0.5, 0.6) is 5.75 Å². The fourth-order valence-corrected chi connectivity index (χ4v) is 5.83. The van der Waals surface area contributed by atoms with Gasteiger partial charge in [-0.25, -0.2) is 4.68 Å². The first-order valence-electron chi connectivity index (χ1n) is 13.4. The van der Waals surface area contributed by atoms with Crippen LogP contribution in [0.2, 0.25) is 10.0 Å². The lowest BCUT2D eigenvalue weighted by molar-refractivity contribution is -0.113. The van der Waals surface area contributed by atoms with Crippen LogP contribution in [0.25, 0.3) is 0 Å². The van der Waals surface area contributed by atoms with Gasteiger partial charge in [-0.3, -0.25) is 4.79 Å². The van der Waals surface area contributed by atoms with E-state index in [2.05, 4.69) is 17.6 Å². The molecule has 2 heterocycles. The third kappa shape index (κ3) is 6.25. The predicted molar refractivity (Wildman–Crippen MR) is 167 cm³/mol. The highest BCUT2D eigenvalue weighted by molar-refractivity contribution is 7.99. The monoisotopic (exact) mass is 607 g/mol. The average molecular weight is 609 g/mol. The van der Waals surface area contributed by atoms with E-state index < -0.39 is 6.04 Å². The summed E-state index contributed by atoms with van der Waals surface area (Å²) in [6, 6.07) is 18.4. The Labute approximate surface area is 254 Å². The number of aryl methyl sites for hydroxylation is 1. The number of anilines is 2. The van der Waals surface area contributed by atoms with Crippen LogP contribution in [0.4, 0.5) is 11.6 Å². The molecule has 4 aromatic rings. The van der Waals surface area contributed by atoms with E-state index in [-0.39, 0.29) is 12.5 Å². The Morgan fingerprint density at radius 1 is 1.05 bits per heavy atom. The van der Waals surface area contributed by atoms with Gasteiger partial charge >= 0.3 is 0 Å². The fourth-order valence-electron chi connectivity index (χ4n) is 4.64. The quantitative estimate of drug-likeness (QED) is 0.187. The zero-order valence-electron chi connectivity index (χ0n) is 23.3. The maximum Gasteiger partial charge on any atom is 0.255 e. The van der Waals surface area contributed by atoms with Gasteiger partial charge in [0, 0.05) is 32.7 Å². The van der Waals surface area contributed by atoms with Gasteiger partial charge in [0.2, 0.25) is 11.1 Å². The predicted octanol–water partition coefficient (Wildman–Crippen LogP) is 8.21. The Morgan fingerprint density at radius 2 is 1.76 bits per heavy atom. The van der Waals surface area contributed by atoms with E-state index in [0.29, 0.717) is 32.5 Å². The van der Waals surface area contributed by atoms with E-state index in [1.54, 1.807) is 34.6 Å². The van der Waals surface area contributed by atoms with Crippen molar-refractivity contribution in [3.8, 4) is 5.75 Å². The smallest absolute Gasteiger partial charge is 0.255 e. The standard InChI is InChI=1S/C31H31Cl2N5O2S/c1-5-16-41-31-36-30-34-20(4)27(29(39)35-26-11-6-8-18(2)19(26)3)28(38(30)37-31)21-12-14-22(15-13-21)40-17-23-24(32)9-7-10-25(23)33/h6-15,28H,5,16-17H2,1-4H3,(H,35,39)(H,34,36,37). The van der Waals surface area contributed by atoms with Crippen molar-refractivity contribution >= 4 is 52.5 Å². The van der Waals surface area contributed by atoms with Gasteiger partial charge in [0.15, 0.2) is 0 Å². The van der Waals surface area contributed by atoms with Crippen LogP contribution in [0, 0.1) is 13.8 Å². The minimum absolute atomic E-state index is 0.203. The van der Waals surface area contributed by atoms with Crippen molar-refractivity contribution in [1.29, 1.82) is 0 Å². The molecule has 212 valence electrons. The maximum atomic E-state index is 13.9. The molecule has 0 radical (unpaired) electrons. The summed E-state index contributed by atoms with van der Waals surface area (Å²) in [5.74, 6) is 1.95. The Kier molecular flexibility index (Phi) is 8.92. The number of halogens is 2. The Balaban J connectivity index is 1.47. The van der Waals surface area contributed by atoms with Crippen molar-refractivity contribution in [1.82, 2.24) is 14.8 Å². The molecule has 10 heteroatoms. The van der Waals surface area contributed by atoms with Gasteiger partial charge < -0.3 is 15.4 Å². The number of aromatic nitrogens is 3. The number of rotatable bonds is 9. The molecule has 1 aliphatic rings. The first kappa shape index (κ1) is 29.0. The lowest BCUT2D eigenvalue weighted by Crippen LogP contribution is -2.31. The van der Waals surface area contributed by atoms with Crippen LogP contribution < -0.4 is 15.4 Å². The van der Waals surface area contributed by atoms with Crippen molar-refractivity contribution in [2.75, 3.05) is 16.4 Å². The zero-order valence-corrected chi connectivity index (χ0v) is 25.6. The molecule has 0 saturated carbocycles. The SMILES string of the molecule is CCCSc1nc2n(n1)C(c1ccc(OCc3c(Cl)cccc3Cl)cc1)C(C(=O)Nc1cccc(C)c1C)=C(C)N2. The number of carbonyl (C=O) groups excluding carboxylic acids is 1. The van der Waals surface area contributed by atoms with Crippen molar-refractivity contribution in [3.63, 3.8) is 0 Å². The molecule has 1 aliphatic heterocycles. The second-order valence-electron chi connectivity index (χ2n) is 9.84. The van der Waals surface area contributed by atoms with Gasteiger partial charge in [-0.1, -0.05) is 72.2 Å². The zero-order chi connectivity index (χ0) is 29.1. The van der Waals surface area contributed by atoms with Crippen LogP contribution in [-0.2, 0) is 11.4 Å². The summed E-state index contributed by atoms with van der Waals surface area (Å²) in [5.41, 5.74) is 5.80. The Bertz CT molecular complexity index is 1600. The highest BCUT2D eigenvalue weighted by Crippen LogP contribution is 2.38. The van der Waals surface area contributed by atoms with Crippen LogP contribution in [0.3, 0.4) is 0 Å². The first-order chi connectivity index (χ1) is 19.8. The van der Waals surface area contributed by atoms with Crippen LogP contribution >= 0.6 is 35.0 Å². The number of nitrogens with zero attached hydrogens (tertiary/aromatic N) is 3. The molecular weight excluding hydrogens is 577 g/mol. The van der Waals surface area contributed by atoms with E-state index in [4.69, 9.17) is 38.0 Å². The molecule has 0 spiro atoms. The Morgan fingerprint density at radius 3 is 2.46 bits per heavy atom. The molecule has 0 saturated heterocycles. The molecule has 5 rings (SSSR count). The van der Waals surface area contributed by atoms with Crippen molar-refractivity contribution in [3.05, 3.63) is 104 Å². The molecule has 1 unspecified atom stereocenters. The molecule has 1 aromatic heterocycles. The van der Waals surface area contributed by atoms with Crippen molar-refractivity contribution in [2.45, 2.75) is 51.9 Å². The van der Waals surface area contributed by atoms with Gasteiger partial charge in [-0.2, -0.15) is 4.98 Å². The first-order valence-corrected chi connectivity index (χ1v) is 15.1. The minimum Gasteiger partial charge on any atom is -0.489 e. The van der Waals surface area contributed by atoms with Gasteiger partial charge in [0.25, 0.3) is 5.91 Å². The molecule has 1 atom stereocenters. The summed E-state index contributed by atoms with van der Waals surface area (Å²) < 4.78 is 7.80. The molecule has 1 amide bonds. The summed E-state index contributed by atoms with van der Waals surface area (Å²) in [6.07, 6.45) is 1.01. The normalized spacial score (nSPS) is 14.4. The van der Waals surface area contributed by atoms with E-state index in [9.17, 15) is 4.79 Å². The summed E-state index contributed by atoms with van der Waals surface area (Å²) in [7, 11) is 0. The lowest BCUT2D eigenvalue weighted by Gasteiger charge is -2.29. The third-order valence-electron chi connectivity index (χ3n) is 7.01. The van der Waals surface area contributed by atoms with E-state index in [0.717, 1.165) is 45.8 Å².